The van der Waals surface area contributed by atoms with Crippen molar-refractivity contribution in [3.63, 3.8) is 0 Å². The largest absolute Gasteiger partial charge is 0.335 e. The van der Waals surface area contributed by atoms with Crippen molar-refractivity contribution in [3.8, 4) is 0 Å². The van der Waals surface area contributed by atoms with Crippen molar-refractivity contribution in [1.29, 1.82) is 0 Å². The van der Waals surface area contributed by atoms with Crippen LogP contribution in [-0.2, 0) is 16.1 Å². The summed E-state index contributed by atoms with van der Waals surface area (Å²) in [6, 6.07) is 13.0. The molecule has 7 nitrogen and oxygen atoms in total. The fourth-order valence-corrected chi connectivity index (χ4v) is 2.62. The van der Waals surface area contributed by atoms with E-state index in [1.807, 2.05) is 63.2 Å². The molecule has 2 rings (SSSR count). The highest BCUT2D eigenvalue weighted by Gasteiger charge is 2.15. The lowest BCUT2D eigenvalue weighted by Gasteiger charge is -2.18. The van der Waals surface area contributed by atoms with Crippen LogP contribution in [0.1, 0.15) is 22.3 Å². The lowest BCUT2D eigenvalue weighted by atomic mass is 10.1. The summed E-state index contributed by atoms with van der Waals surface area (Å²) in [5.74, 6) is -0.648. The van der Waals surface area contributed by atoms with Gasteiger partial charge in [-0.1, -0.05) is 42.0 Å². The van der Waals surface area contributed by atoms with E-state index < -0.39 is 6.03 Å². The van der Waals surface area contributed by atoms with Crippen LogP contribution in [0.15, 0.2) is 42.5 Å². The maximum absolute atomic E-state index is 12.2. The van der Waals surface area contributed by atoms with E-state index in [1.54, 1.807) is 0 Å². The van der Waals surface area contributed by atoms with Crippen LogP contribution in [0.3, 0.4) is 0 Å². The zero-order chi connectivity index (χ0) is 21.4. The number of aryl methyl sites for hydroxylation is 2. The first-order valence-corrected chi connectivity index (χ1v) is 9.43. The van der Waals surface area contributed by atoms with Gasteiger partial charge in [-0.3, -0.25) is 9.59 Å². The number of hydrogen-bond donors (Lipinski definition) is 3. The van der Waals surface area contributed by atoms with Gasteiger partial charge in [-0.25, -0.2) is 4.79 Å². The first-order chi connectivity index (χ1) is 13.8. The normalized spacial score (nSPS) is 10.2. The quantitative estimate of drug-likeness (QED) is 0.672. The summed E-state index contributed by atoms with van der Waals surface area (Å²) < 4.78 is 0. The maximum atomic E-state index is 12.2. The van der Waals surface area contributed by atoms with Gasteiger partial charge in [0.05, 0.1) is 13.1 Å². The van der Waals surface area contributed by atoms with Gasteiger partial charge in [0.15, 0.2) is 0 Å². The van der Waals surface area contributed by atoms with Crippen molar-refractivity contribution in [2.24, 2.45) is 0 Å². The van der Waals surface area contributed by atoms with Gasteiger partial charge in [0, 0.05) is 19.3 Å². The molecule has 2 aromatic rings. The Morgan fingerprint density at radius 1 is 0.931 bits per heavy atom. The molecule has 2 aromatic carbocycles. The molecule has 0 atom stereocenters. The second-order valence-corrected chi connectivity index (χ2v) is 7.07. The van der Waals surface area contributed by atoms with Crippen LogP contribution < -0.4 is 16.0 Å². The second-order valence-electron chi connectivity index (χ2n) is 7.07. The van der Waals surface area contributed by atoms with Crippen LogP contribution in [0.4, 0.5) is 10.5 Å². The summed E-state index contributed by atoms with van der Waals surface area (Å²) in [5, 5.41) is 8.02. The summed E-state index contributed by atoms with van der Waals surface area (Å²) in [5.41, 5.74) is 4.91. The fraction of sp³-hybridized carbons (Fsp3) is 0.318. The monoisotopic (exact) mass is 396 g/mol. The van der Waals surface area contributed by atoms with E-state index in [-0.39, 0.29) is 24.9 Å². The molecule has 3 N–H and O–H groups in total. The van der Waals surface area contributed by atoms with Gasteiger partial charge < -0.3 is 20.9 Å². The van der Waals surface area contributed by atoms with E-state index in [0.29, 0.717) is 6.54 Å². The number of urea groups is 1. The molecular weight excluding hydrogens is 368 g/mol. The molecule has 4 amide bonds. The van der Waals surface area contributed by atoms with E-state index in [2.05, 4.69) is 16.0 Å². The highest BCUT2D eigenvalue weighted by molar-refractivity contribution is 5.95. The topological polar surface area (TPSA) is 90.5 Å². The average Bonchev–Trinajstić information content (AvgIpc) is 2.69. The van der Waals surface area contributed by atoms with E-state index in [9.17, 15) is 14.4 Å². The summed E-state index contributed by atoms with van der Waals surface area (Å²) in [7, 11) is 1.52. The number of nitrogens with one attached hydrogen (secondary N) is 3. The third-order valence-corrected chi connectivity index (χ3v) is 4.66. The zero-order valence-corrected chi connectivity index (χ0v) is 17.3. The minimum absolute atomic E-state index is 0.0983. The SMILES string of the molecule is Cc1ccc(CNC(=O)NCC(=O)N(C)CC(=O)Nc2cccc(C)c2C)cc1. The Bertz CT molecular complexity index is 878. The first kappa shape index (κ1) is 21.9. The van der Waals surface area contributed by atoms with Gasteiger partial charge in [-0.15, -0.1) is 0 Å². The molecule has 154 valence electrons. The standard InChI is InChI=1S/C22H28N4O3/c1-15-8-10-18(11-9-15)12-23-22(29)24-13-21(28)26(4)14-20(27)25-19-7-5-6-16(2)17(19)3/h5-11H,12-14H2,1-4H3,(H,25,27)(H2,23,24,29). The Hall–Kier alpha value is -3.35. The Balaban J connectivity index is 1.73. The molecule has 0 saturated heterocycles. The minimum atomic E-state index is -0.438. The van der Waals surface area contributed by atoms with Crippen LogP contribution in [0.2, 0.25) is 0 Å². The fourth-order valence-electron chi connectivity index (χ4n) is 2.62. The van der Waals surface area contributed by atoms with Crippen molar-refractivity contribution < 1.29 is 14.4 Å². The molecule has 7 heteroatoms. The third kappa shape index (κ3) is 6.95. The third-order valence-electron chi connectivity index (χ3n) is 4.66. The van der Waals surface area contributed by atoms with Crippen LogP contribution in [0.25, 0.3) is 0 Å². The second kappa shape index (κ2) is 10.3. The molecule has 0 aliphatic heterocycles. The molecule has 0 fully saturated rings. The predicted octanol–water partition coefficient (Wildman–Crippen LogP) is 2.51. The van der Waals surface area contributed by atoms with Gasteiger partial charge in [-0.05, 0) is 43.5 Å². The highest BCUT2D eigenvalue weighted by atomic mass is 16.2. The molecule has 0 unspecified atom stereocenters. The van der Waals surface area contributed by atoms with Crippen molar-refractivity contribution in [2.75, 3.05) is 25.5 Å². The van der Waals surface area contributed by atoms with Gasteiger partial charge in [0.25, 0.3) is 0 Å². The molecule has 0 bridgehead atoms. The first-order valence-electron chi connectivity index (χ1n) is 9.43. The van der Waals surface area contributed by atoms with Crippen molar-refractivity contribution in [1.82, 2.24) is 15.5 Å². The lowest BCUT2D eigenvalue weighted by Crippen LogP contribution is -2.44. The molecule has 0 spiro atoms. The van der Waals surface area contributed by atoms with Crippen LogP contribution in [0.5, 0.6) is 0 Å². The Labute approximate surface area is 171 Å². The Morgan fingerprint density at radius 2 is 1.62 bits per heavy atom. The van der Waals surface area contributed by atoms with Crippen LogP contribution >= 0.6 is 0 Å². The number of nitrogens with zero attached hydrogens (tertiary/aromatic N) is 1. The summed E-state index contributed by atoms with van der Waals surface area (Å²) in [6.07, 6.45) is 0. The molecular formula is C22H28N4O3. The molecule has 0 aliphatic rings. The maximum Gasteiger partial charge on any atom is 0.315 e. The van der Waals surface area contributed by atoms with E-state index in [4.69, 9.17) is 0 Å². The number of benzene rings is 2. The Kier molecular flexibility index (Phi) is 7.77. The number of hydrogen-bond acceptors (Lipinski definition) is 3. The zero-order valence-electron chi connectivity index (χ0n) is 17.3. The van der Waals surface area contributed by atoms with Gasteiger partial charge >= 0.3 is 6.03 Å². The van der Waals surface area contributed by atoms with Crippen molar-refractivity contribution in [3.05, 3.63) is 64.7 Å². The van der Waals surface area contributed by atoms with E-state index in [1.165, 1.54) is 11.9 Å². The van der Waals surface area contributed by atoms with Crippen LogP contribution in [-0.4, -0.2) is 42.9 Å². The number of carbonyl (C=O) groups is 3. The summed E-state index contributed by atoms with van der Waals surface area (Å²) >= 11 is 0. The Morgan fingerprint density at radius 3 is 2.31 bits per heavy atom. The number of anilines is 1. The van der Waals surface area contributed by atoms with E-state index in [0.717, 1.165) is 27.9 Å². The summed E-state index contributed by atoms with van der Waals surface area (Å²) in [6.45, 7) is 5.98. The lowest BCUT2D eigenvalue weighted by molar-refractivity contribution is -0.132. The number of likely N-dealkylation sites (N-methyl/N-ethyl adjacent to an activating group) is 1. The van der Waals surface area contributed by atoms with Gasteiger partial charge in [-0.2, -0.15) is 0 Å². The van der Waals surface area contributed by atoms with Crippen molar-refractivity contribution in [2.45, 2.75) is 27.3 Å². The van der Waals surface area contributed by atoms with E-state index >= 15 is 0 Å². The van der Waals surface area contributed by atoms with Gasteiger partial charge in [0.2, 0.25) is 11.8 Å². The average molecular weight is 396 g/mol. The molecule has 0 saturated carbocycles. The molecule has 29 heavy (non-hydrogen) atoms. The molecule has 0 aliphatic carbocycles. The highest BCUT2D eigenvalue weighted by Crippen LogP contribution is 2.17. The minimum Gasteiger partial charge on any atom is -0.335 e. The van der Waals surface area contributed by atoms with Gasteiger partial charge in [0.1, 0.15) is 0 Å². The van der Waals surface area contributed by atoms with Crippen molar-refractivity contribution >= 4 is 23.5 Å². The summed E-state index contributed by atoms with van der Waals surface area (Å²) in [4.78, 5) is 37.5. The molecule has 0 heterocycles. The number of rotatable bonds is 7. The number of carbonyl (C=O) groups excluding carboxylic acids is 3. The smallest absolute Gasteiger partial charge is 0.315 e. The predicted molar refractivity (Wildman–Crippen MR) is 114 cm³/mol. The molecule has 0 radical (unpaired) electrons. The molecule has 0 aromatic heterocycles. The number of amides is 4. The van der Waals surface area contributed by atoms with Crippen LogP contribution in [0, 0.1) is 20.8 Å².